The number of ether oxygens (including phenoxy) is 1. The van der Waals surface area contributed by atoms with E-state index in [9.17, 15) is 4.79 Å². The van der Waals surface area contributed by atoms with Gasteiger partial charge in [-0.1, -0.05) is 12.1 Å². The van der Waals surface area contributed by atoms with E-state index in [0.29, 0.717) is 11.3 Å². The Kier molecular flexibility index (Phi) is 4.37. The third kappa shape index (κ3) is 2.87. The lowest BCUT2D eigenvalue weighted by Crippen LogP contribution is -2.35. The second-order valence-electron chi connectivity index (χ2n) is 7.06. The summed E-state index contributed by atoms with van der Waals surface area (Å²) in [5.74, 6) is 1.63. The maximum Gasteiger partial charge on any atom is 0.261 e. The summed E-state index contributed by atoms with van der Waals surface area (Å²) in [7, 11) is 1.86. The Labute approximate surface area is 142 Å². The van der Waals surface area contributed by atoms with Gasteiger partial charge in [0.15, 0.2) is 0 Å². The summed E-state index contributed by atoms with van der Waals surface area (Å²) in [6, 6.07) is 7.92. The number of hydrogen-bond acceptors (Lipinski definition) is 4. The largest absolute Gasteiger partial charge is 0.381 e. The molecule has 3 heterocycles. The summed E-state index contributed by atoms with van der Waals surface area (Å²) in [5, 5.41) is 0.706. The zero-order valence-electron chi connectivity index (χ0n) is 14.3. The van der Waals surface area contributed by atoms with Crippen LogP contribution in [0, 0.1) is 5.92 Å². The lowest BCUT2D eigenvalue weighted by molar-refractivity contribution is 0.0499. The van der Waals surface area contributed by atoms with Crippen molar-refractivity contribution in [1.82, 2.24) is 14.5 Å². The van der Waals surface area contributed by atoms with Crippen LogP contribution in [-0.4, -0.2) is 40.8 Å². The highest BCUT2D eigenvalue weighted by Crippen LogP contribution is 2.32. The van der Waals surface area contributed by atoms with Gasteiger partial charge in [0.25, 0.3) is 5.56 Å². The van der Waals surface area contributed by atoms with Crippen LogP contribution in [0.4, 0.5) is 0 Å². The summed E-state index contributed by atoms with van der Waals surface area (Å²) in [6.45, 7) is 3.97. The summed E-state index contributed by atoms with van der Waals surface area (Å²) in [5.41, 5.74) is 0.877. The number of hydrogen-bond donors (Lipinski definition) is 0. The molecule has 0 amide bonds. The van der Waals surface area contributed by atoms with Gasteiger partial charge in [0, 0.05) is 26.8 Å². The van der Waals surface area contributed by atoms with E-state index < -0.39 is 0 Å². The molecule has 0 saturated carbocycles. The molecule has 2 aromatic rings. The number of rotatable bonds is 3. The molecule has 5 nitrogen and oxygen atoms in total. The molecule has 2 fully saturated rings. The molecule has 1 unspecified atom stereocenters. The fourth-order valence-electron chi connectivity index (χ4n) is 4.13. The molecular formula is C19H25N3O2. The lowest BCUT2D eigenvalue weighted by atomic mass is 9.99. The molecule has 1 aromatic heterocycles. The molecule has 0 spiro atoms. The van der Waals surface area contributed by atoms with Crippen LogP contribution >= 0.6 is 0 Å². The summed E-state index contributed by atoms with van der Waals surface area (Å²) in [6.07, 6.45) is 4.55. The van der Waals surface area contributed by atoms with E-state index in [0.717, 1.165) is 56.9 Å². The van der Waals surface area contributed by atoms with Crippen molar-refractivity contribution in [3.05, 3.63) is 40.4 Å². The predicted molar refractivity (Wildman–Crippen MR) is 94.1 cm³/mol. The minimum Gasteiger partial charge on any atom is -0.381 e. The van der Waals surface area contributed by atoms with Crippen molar-refractivity contribution in [3.63, 3.8) is 0 Å². The minimum atomic E-state index is 0.0634. The number of benzene rings is 1. The Morgan fingerprint density at radius 3 is 2.83 bits per heavy atom. The quantitative estimate of drug-likeness (QED) is 0.869. The molecule has 0 bridgehead atoms. The molecule has 128 valence electrons. The first-order chi connectivity index (χ1) is 11.7. The fourth-order valence-corrected chi connectivity index (χ4v) is 4.13. The van der Waals surface area contributed by atoms with Gasteiger partial charge in [0.05, 0.1) is 16.9 Å². The molecule has 24 heavy (non-hydrogen) atoms. The minimum absolute atomic E-state index is 0.0634. The van der Waals surface area contributed by atoms with Gasteiger partial charge in [-0.25, -0.2) is 4.98 Å². The van der Waals surface area contributed by atoms with E-state index >= 15 is 0 Å². The highest BCUT2D eigenvalue weighted by Gasteiger charge is 2.31. The van der Waals surface area contributed by atoms with Gasteiger partial charge in [0.2, 0.25) is 0 Å². The van der Waals surface area contributed by atoms with Crippen molar-refractivity contribution in [3.8, 4) is 0 Å². The van der Waals surface area contributed by atoms with Crippen molar-refractivity contribution >= 4 is 10.9 Å². The van der Waals surface area contributed by atoms with Crippen molar-refractivity contribution in [2.45, 2.75) is 31.7 Å². The highest BCUT2D eigenvalue weighted by atomic mass is 16.5. The van der Waals surface area contributed by atoms with Crippen molar-refractivity contribution in [1.29, 1.82) is 0 Å². The van der Waals surface area contributed by atoms with E-state index in [1.54, 1.807) is 4.57 Å². The molecule has 4 rings (SSSR count). The molecule has 2 saturated heterocycles. The summed E-state index contributed by atoms with van der Waals surface area (Å²) >= 11 is 0. The lowest BCUT2D eigenvalue weighted by Gasteiger charge is -2.31. The van der Waals surface area contributed by atoms with Crippen molar-refractivity contribution in [2.24, 2.45) is 13.0 Å². The highest BCUT2D eigenvalue weighted by molar-refractivity contribution is 5.77. The molecule has 1 atom stereocenters. The van der Waals surface area contributed by atoms with Gasteiger partial charge in [0.1, 0.15) is 5.82 Å². The SMILES string of the molecule is Cn1c(C2CCCN2CC2CCOCC2)nc2ccccc2c1=O. The van der Waals surface area contributed by atoms with Crippen LogP contribution in [0.2, 0.25) is 0 Å². The smallest absolute Gasteiger partial charge is 0.261 e. The predicted octanol–water partition coefficient (Wildman–Crippen LogP) is 2.50. The fraction of sp³-hybridized carbons (Fsp3) is 0.579. The van der Waals surface area contributed by atoms with Crippen LogP contribution < -0.4 is 5.56 Å². The second kappa shape index (κ2) is 6.65. The first-order valence-electron chi connectivity index (χ1n) is 9.01. The van der Waals surface area contributed by atoms with Crippen molar-refractivity contribution < 1.29 is 4.74 Å². The Morgan fingerprint density at radius 2 is 2.00 bits per heavy atom. The average molecular weight is 327 g/mol. The molecule has 0 N–H and O–H groups in total. The summed E-state index contributed by atoms with van der Waals surface area (Å²) in [4.78, 5) is 20.1. The average Bonchev–Trinajstić information content (AvgIpc) is 3.07. The first kappa shape index (κ1) is 15.8. The topological polar surface area (TPSA) is 47.4 Å². The zero-order chi connectivity index (χ0) is 16.5. The van der Waals surface area contributed by atoms with E-state index in [-0.39, 0.29) is 11.6 Å². The van der Waals surface area contributed by atoms with Crippen LogP contribution in [0.1, 0.15) is 37.5 Å². The molecule has 1 aromatic carbocycles. The van der Waals surface area contributed by atoms with Gasteiger partial charge >= 0.3 is 0 Å². The Bertz CT molecular complexity index is 780. The normalized spacial score (nSPS) is 23.1. The molecule has 2 aliphatic heterocycles. The van der Waals surface area contributed by atoms with Crippen LogP contribution in [0.3, 0.4) is 0 Å². The third-order valence-electron chi connectivity index (χ3n) is 5.51. The second-order valence-corrected chi connectivity index (χ2v) is 7.06. The van der Waals surface area contributed by atoms with E-state index in [4.69, 9.17) is 9.72 Å². The Hall–Kier alpha value is -1.72. The van der Waals surface area contributed by atoms with Crippen LogP contribution in [-0.2, 0) is 11.8 Å². The molecule has 5 heteroatoms. The monoisotopic (exact) mass is 327 g/mol. The molecule has 0 aliphatic carbocycles. The first-order valence-corrected chi connectivity index (χ1v) is 9.01. The molecule has 0 radical (unpaired) electrons. The van der Waals surface area contributed by atoms with Gasteiger partial charge in [-0.15, -0.1) is 0 Å². The van der Waals surface area contributed by atoms with Crippen LogP contribution in [0.5, 0.6) is 0 Å². The van der Waals surface area contributed by atoms with Crippen LogP contribution in [0.25, 0.3) is 10.9 Å². The maximum atomic E-state index is 12.7. The van der Waals surface area contributed by atoms with Gasteiger partial charge in [-0.05, 0) is 50.3 Å². The number of para-hydroxylation sites is 1. The van der Waals surface area contributed by atoms with Gasteiger partial charge in [-0.2, -0.15) is 0 Å². The van der Waals surface area contributed by atoms with E-state index in [2.05, 4.69) is 4.90 Å². The Morgan fingerprint density at radius 1 is 1.21 bits per heavy atom. The standard InChI is InChI=1S/C19H25N3O2/c1-21-18(20-16-6-3-2-5-15(16)19(21)23)17-7-4-10-22(17)13-14-8-11-24-12-9-14/h2-3,5-6,14,17H,4,7-13H2,1H3. The van der Waals surface area contributed by atoms with Gasteiger partial charge < -0.3 is 4.74 Å². The maximum absolute atomic E-state index is 12.7. The molecule has 2 aliphatic rings. The third-order valence-corrected chi connectivity index (χ3v) is 5.51. The number of aromatic nitrogens is 2. The number of nitrogens with zero attached hydrogens (tertiary/aromatic N) is 3. The zero-order valence-corrected chi connectivity index (χ0v) is 14.3. The van der Waals surface area contributed by atoms with Crippen molar-refractivity contribution in [2.75, 3.05) is 26.3 Å². The van der Waals surface area contributed by atoms with Crippen LogP contribution in [0.15, 0.2) is 29.1 Å². The summed E-state index contributed by atoms with van der Waals surface area (Å²) < 4.78 is 7.24. The van der Waals surface area contributed by atoms with Gasteiger partial charge in [-0.3, -0.25) is 14.3 Å². The van der Waals surface area contributed by atoms with E-state index in [1.807, 2.05) is 31.3 Å². The Balaban J connectivity index is 1.65. The van der Waals surface area contributed by atoms with E-state index in [1.165, 1.54) is 6.42 Å². The number of likely N-dealkylation sites (tertiary alicyclic amines) is 1. The number of fused-ring (bicyclic) bond motifs is 1. The molecular weight excluding hydrogens is 302 g/mol.